The summed E-state index contributed by atoms with van der Waals surface area (Å²) in [7, 11) is 0. The number of thioether (sulfide) groups is 1. The van der Waals surface area contributed by atoms with Gasteiger partial charge >= 0.3 is 0 Å². The number of nitrogens with zero attached hydrogens (tertiary/aromatic N) is 3. The summed E-state index contributed by atoms with van der Waals surface area (Å²) in [6.45, 7) is 3.74. The van der Waals surface area contributed by atoms with Gasteiger partial charge in [0.25, 0.3) is 0 Å². The van der Waals surface area contributed by atoms with E-state index < -0.39 is 5.25 Å². The lowest BCUT2D eigenvalue weighted by Crippen LogP contribution is -2.23. The van der Waals surface area contributed by atoms with Gasteiger partial charge in [-0.2, -0.15) is 0 Å². The smallest absolute Gasteiger partial charge is 0.237 e. The van der Waals surface area contributed by atoms with Crippen molar-refractivity contribution in [3.63, 3.8) is 0 Å². The molecular weight excluding hydrogens is 391 g/mol. The summed E-state index contributed by atoms with van der Waals surface area (Å²) in [4.78, 5) is 12.5. The third-order valence-electron chi connectivity index (χ3n) is 3.73. The van der Waals surface area contributed by atoms with Crippen LogP contribution in [0.25, 0.3) is 5.69 Å². The molecule has 1 N–H and O–H groups in total. The number of benzene rings is 2. The van der Waals surface area contributed by atoms with Crippen molar-refractivity contribution in [3.05, 3.63) is 64.4 Å². The van der Waals surface area contributed by atoms with Gasteiger partial charge in [-0.1, -0.05) is 53.2 Å². The Labute approximate surface area is 165 Å². The van der Waals surface area contributed by atoms with Gasteiger partial charge in [0.2, 0.25) is 5.91 Å². The quantitative estimate of drug-likeness (QED) is 0.605. The van der Waals surface area contributed by atoms with Crippen LogP contribution in [-0.4, -0.2) is 25.9 Å². The Balaban J connectivity index is 1.75. The number of carbonyl (C=O) groups excluding carboxylic acids is 1. The Morgan fingerprint density at radius 2 is 1.96 bits per heavy atom. The van der Waals surface area contributed by atoms with Crippen LogP contribution >= 0.6 is 35.0 Å². The summed E-state index contributed by atoms with van der Waals surface area (Å²) in [5.74, 6) is -0.167. The Bertz CT molecular complexity index is 944. The number of nitrogens with one attached hydrogen (secondary N) is 1. The van der Waals surface area contributed by atoms with E-state index in [2.05, 4.69) is 15.5 Å². The van der Waals surface area contributed by atoms with Gasteiger partial charge in [-0.15, -0.1) is 10.2 Å². The zero-order chi connectivity index (χ0) is 18.7. The fraction of sp³-hybridized carbons (Fsp3) is 0.167. The second-order valence-electron chi connectivity index (χ2n) is 5.65. The van der Waals surface area contributed by atoms with Crippen molar-refractivity contribution in [3.8, 4) is 5.69 Å². The van der Waals surface area contributed by atoms with Gasteiger partial charge in [-0.05, 0) is 43.7 Å². The first kappa shape index (κ1) is 18.8. The number of para-hydroxylation sites is 1. The molecule has 134 valence electrons. The molecule has 0 fully saturated rings. The van der Waals surface area contributed by atoms with E-state index in [9.17, 15) is 4.79 Å². The second kappa shape index (κ2) is 8.12. The fourth-order valence-electron chi connectivity index (χ4n) is 2.22. The Morgan fingerprint density at radius 1 is 1.19 bits per heavy atom. The molecule has 0 radical (unpaired) electrons. The molecular formula is C18H16Cl2N4OS. The maximum atomic E-state index is 12.5. The lowest BCUT2D eigenvalue weighted by molar-refractivity contribution is -0.115. The topological polar surface area (TPSA) is 59.8 Å². The number of aromatic nitrogens is 3. The van der Waals surface area contributed by atoms with Crippen LogP contribution in [0.15, 0.2) is 53.9 Å². The summed E-state index contributed by atoms with van der Waals surface area (Å²) >= 11 is 13.6. The standard InChI is InChI=1S/C18H16Cl2N4OS/c1-11-7-8-13(9-15(11)20)24-10-21-23-18(24)26-12(2)17(25)22-16-6-4-3-5-14(16)19/h3-10,12H,1-2H3,(H,22,25). The van der Waals surface area contributed by atoms with Gasteiger partial charge in [-0.25, -0.2) is 0 Å². The maximum Gasteiger partial charge on any atom is 0.237 e. The highest BCUT2D eigenvalue weighted by Crippen LogP contribution is 2.28. The first-order valence-corrected chi connectivity index (χ1v) is 9.48. The van der Waals surface area contributed by atoms with Gasteiger partial charge in [0.1, 0.15) is 6.33 Å². The molecule has 3 aromatic rings. The molecule has 0 saturated heterocycles. The van der Waals surface area contributed by atoms with Gasteiger partial charge in [0, 0.05) is 5.02 Å². The lowest BCUT2D eigenvalue weighted by Gasteiger charge is -2.13. The maximum absolute atomic E-state index is 12.5. The van der Waals surface area contributed by atoms with Gasteiger partial charge < -0.3 is 5.32 Å². The minimum atomic E-state index is -0.393. The zero-order valence-electron chi connectivity index (χ0n) is 14.1. The number of rotatable bonds is 5. The number of halogens is 2. The van der Waals surface area contributed by atoms with Crippen LogP contribution in [0.1, 0.15) is 12.5 Å². The highest BCUT2D eigenvalue weighted by Gasteiger charge is 2.19. The summed E-state index contributed by atoms with van der Waals surface area (Å²) < 4.78 is 1.80. The highest BCUT2D eigenvalue weighted by atomic mass is 35.5. The summed E-state index contributed by atoms with van der Waals surface area (Å²) in [5.41, 5.74) is 2.41. The molecule has 2 aromatic carbocycles. The average molecular weight is 407 g/mol. The van der Waals surface area contributed by atoms with Crippen molar-refractivity contribution >= 4 is 46.6 Å². The molecule has 0 aliphatic rings. The van der Waals surface area contributed by atoms with E-state index in [0.717, 1.165) is 11.3 Å². The molecule has 1 heterocycles. The van der Waals surface area contributed by atoms with Gasteiger partial charge in [-0.3, -0.25) is 9.36 Å². The SMILES string of the molecule is Cc1ccc(-n2cnnc2SC(C)C(=O)Nc2ccccc2Cl)cc1Cl. The molecule has 8 heteroatoms. The first-order valence-electron chi connectivity index (χ1n) is 7.84. The van der Waals surface area contributed by atoms with E-state index in [1.807, 2.05) is 37.3 Å². The van der Waals surface area contributed by atoms with Crippen LogP contribution in [0.2, 0.25) is 10.0 Å². The molecule has 3 rings (SSSR count). The molecule has 1 unspecified atom stereocenters. The van der Waals surface area contributed by atoms with Crippen molar-refractivity contribution in [2.75, 3.05) is 5.32 Å². The van der Waals surface area contributed by atoms with E-state index in [1.54, 1.807) is 30.0 Å². The number of carbonyl (C=O) groups is 1. The van der Waals surface area contributed by atoms with Gasteiger partial charge in [0.05, 0.1) is 21.6 Å². The van der Waals surface area contributed by atoms with Gasteiger partial charge in [0.15, 0.2) is 5.16 Å². The minimum absolute atomic E-state index is 0.167. The molecule has 0 saturated carbocycles. The highest BCUT2D eigenvalue weighted by molar-refractivity contribution is 8.00. The largest absolute Gasteiger partial charge is 0.324 e. The normalized spacial score (nSPS) is 12.0. The fourth-order valence-corrected chi connectivity index (χ4v) is 3.42. The molecule has 26 heavy (non-hydrogen) atoms. The van der Waals surface area contributed by atoms with Crippen molar-refractivity contribution in [2.45, 2.75) is 24.3 Å². The van der Waals surface area contributed by atoms with Crippen molar-refractivity contribution in [1.29, 1.82) is 0 Å². The molecule has 1 amide bonds. The third-order valence-corrected chi connectivity index (χ3v) is 5.53. The molecule has 5 nitrogen and oxygen atoms in total. The number of aryl methyl sites for hydroxylation is 1. The third kappa shape index (κ3) is 4.20. The number of anilines is 1. The van der Waals surface area contributed by atoms with E-state index in [4.69, 9.17) is 23.2 Å². The summed E-state index contributed by atoms with van der Waals surface area (Å²) in [5, 5.41) is 12.3. The molecule has 0 aliphatic carbocycles. The van der Waals surface area contributed by atoms with Crippen molar-refractivity contribution in [1.82, 2.24) is 14.8 Å². The predicted octanol–water partition coefficient (Wildman–Crippen LogP) is 5.00. The van der Waals surface area contributed by atoms with Crippen LogP contribution < -0.4 is 5.32 Å². The monoisotopic (exact) mass is 406 g/mol. The average Bonchev–Trinajstić information content (AvgIpc) is 3.07. The van der Waals surface area contributed by atoms with Crippen molar-refractivity contribution in [2.24, 2.45) is 0 Å². The Hall–Kier alpha value is -2.02. The zero-order valence-corrected chi connectivity index (χ0v) is 16.4. The number of hydrogen-bond acceptors (Lipinski definition) is 4. The number of hydrogen-bond donors (Lipinski definition) is 1. The van der Waals surface area contributed by atoms with Crippen LogP contribution in [0.3, 0.4) is 0 Å². The van der Waals surface area contributed by atoms with E-state index in [-0.39, 0.29) is 5.91 Å². The van der Waals surface area contributed by atoms with E-state index in [1.165, 1.54) is 11.8 Å². The second-order valence-corrected chi connectivity index (χ2v) is 7.77. The lowest BCUT2D eigenvalue weighted by atomic mass is 10.2. The Kier molecular flexibility index (Phi) is 5.86. The number of amides is 1. The van der Waals surface area contributed by atoms with Crippen LogP contribution in [0.5, 0.6) is 0 Å². The van der Waals surface area contributed by atoms with Crippen LogP contribution in [0.4, 0.5) is 5.69 Å². The van der Waals surface area contributed by atoms with Crippen LogP contribution in [0, 0.1) is 6.92 Å². The molecule has 1 aromatic heterocycles. The minimum Gasteiger partial charge on any atom is -0.324 e. The molecule has 1 atom stereocenters. The van der Waals surface area contributed by atoms with E-state index in [0.29, 0.717) is 20.9 Å². The summed E-state index contributed by atoms with van der Waals surface area (Å²) in [6.07, 6.45) is 1.60. The molecule has 0 spiro atoms. The Morgan fingerprint density at radius 3 is 2.69 bits per heavy atom. The first-order chi connectivity index (χ1) is 12.5. The predicted molar refractivity (Wildman–Crippen MR) is 107 cm³/mol. The van der Waals surface area contributed by atoms with Crippen molar-refractivity contribution < 1.29 is 4.79 Å². The molecule has 0 aliphatic heterocycles. The summed E-state index contributed by atoms with van der Waals surface area (Å²) in [6, 6.07) is 12.8. The molecule has 0 bridgehead atoms. The van der Waals surface area contributed by atoms with E-state index >= 15 is 0 Å². The van der Waals surface area contributed by atoms with Crippen LogP contribution in [-0.2, 0) is 4.79 Å².